The molecule has 248 valence electrons. The minimum absolute atomic E-state index is 0.197. The number of hydrogen-bond donors (Lipinski definition) is 2. The first-order valence-corrected chi connectivity index (χ1v) is 18.5. The van der Waals surface area contributed by atoms with Gasteiger partial charge in [0.25, 0.3) is 0 Å². The zero-order valence-corrected chi connectivity index (χ0v) is 30.5. The molecule has 1 aliphatic rings. The number of nitrogens with one attached hydrogen (secondary N) is 2. The van der Waals surface area contributed by atoms with E-state index < -0.39 is 9.39 Å². The van der Waals surface area contributed by atoms with Crippen LogP contribution in [0.4, 0.5) is 0 Å². The minimum atomic E-state index is -1.66. The van der Waals surface area contributed by atoms with Crippen molar-refractivity contribution in [1.82, 2.24) is 19.8 Å². The van der Waals surface area contributed by atoms with Gasteiger partial charge in [-0.2, -0.15) is 0 Å². The quantitative estimate of drug-likeness (QED) is 0.144. The van der Waals surface area contributed by atoms with Gasteiger partial charge in [0.2, 0.25) is 0 Å². The highest BCUT2D eigenvalue weighted by Crippen LogP contribution is 2.39. The van der Waals surface area contributed by atoms with Crippen LogP contribution in [0.3, 0.4) is 0 Å². The summed E-state index contributed by atoms with van der Waals surface area (Å²) < 4.78 is 2.57. The van der Waals surface area contributed by atoms with Crippen LogP contribution >= 0.6 is 9.39 Å². The van der Waals surface area contributed by atoms with Crippen LogP contribution in [0, 0.1) is 37.5 Å². The Hall–Kier alpha value is -2.91. The molecule has 3 rings (SSSR count). The molecule has 5 heteroatoms. The average molecular weight is 631 g/mol. The van der Waals surface area contributed by atoms with Crippen LogP contribution in [0.15, 0.2) is 78.0 Å². The molecule has 45 heavy (non-hydrogen) atoms. The lowest BCUT2D eigenvalue weighted by molar-refractivity contribution is 0.280. The molecule has 0 spiro atoms. The van der Waals surface area contributed by atoms with Crippen molar-refractivity contribution in [3.8, 4) is 11.8 Å². The van der Waals surface area contributed by atoms with Gasteiger partial charge in [-0.1, -0.05) is 89.0 Å². The fraction of sp³-hybridized carbons (Fsp3) is 0.500. The fourth-order valence-corrected chi connectivity index (χ4v) is 7.93. The Bertz CT molecular complexity index is 1370. The molecule has 2 aromatic carbocycles. The molecule has 2 aromatic rings. The Kier molecular flexibility index (Phi) is 16.1. The minimum Gasteiger partial charge on any atom is -0.384 e. The Labute approximate surface area is 278 Å². The van der Waals surface area contributed by atoms with Crippen molar-refractivity contribution >= 4 is 21.1 Å². The second-order valence-corrected chi connectivity index (χ2v) is 15.9. The van der Waals surface area contributed by atoms with Crippen molar-refractivity contribution in [2.24, 2.45) is 11.8 Å². The summed E-state index contributed by atoms with van der Waals surface area (Å²) in [5.74, 6) is 16.0. The highest BCUT2D eigenvalue weighted by molar-refractivity contribution is 8.25. The molecule has 1 saturated heterocycles. The van der Waals surface area contributed by atoms with Crippen molar-refractivity contribution in [2.75, 3.05) is 39.3 Å². The number of likely N-dealkylation sites (tertiary alicyclic amines) is 1. The van der Waals surface area contributed by atoms with Gasteiger partial charge in [0.15, 0.2) is 0 Å². The standard InChI is InChI=1S/C36H56N4S.C4H6/c1-27(2)24-40(41(9,10)35-19-18-28(3)29(4)22-35)25-30(5)36(33(8)34-16-12-11-13-17-34)38-31(6)23-37-32(7)26-39-20-14-15-21-39;1-3-4-2/h11-13,16-19,22,27,30,33,36-38H,6-7,9-10,14-15,20-21,23-26H2,1-5,8H3;1-2H3. The molecule has 3 atom stereocenters. The second kappa shape index (κ2) is 18.9. The normalized spacial score (nSPS) is 15.3. The first-order valence-electron chi connectivity index (χ1n) is 16.6. The zero-order valence-electron chi connectivity index (χ0n) is 29.7. The van der Waals surface area contributed by atoms with E-state index in [1.54, 1.807) is 0 Å². The third kappa shape index (κ3) is 12.4. The molecule has 0 bridgehead atoms. The molecule has 0 radical (unpaired) electrons. The summed E-state index contributed by atoms with van der Waals surface area (Å²) >= 11 is 0. The average Bonchev–Trinajstić information content (AvgIpc) is 3.52. The van der Waals surface area contributed by atoms with Crippen LogP contribution < -0.4 is 10.6 Å². The third-order valence-electron chi connectivity index (χ3n) is 8.73. The topological polar surface area (TPSA) is 30.5 Å². The fourth-order valence-electron chi connectivity index (χ4n) is 5.81. The first kappa shape index (κ1) is 38.3. The molecular weight excluding hydrogens is 569 g/mol. The molecule has 0 saturated carbocycles. The van der Waals surface area contributed by atoms with E-state index in [4.69, 9.17) is 11.7 Å². The summed E-state index contributed by atoms with van der Waals surface area (Å²) in [5, 5.41) is 7.39. The van der Waals surface area contributed by atoms with E-state index in [0.717, 1.165) is 31.0 Å². The van der Waals surface area contributed by atoms with E-state index in [-0.39, 0.29) is 6.04 Å². The second-order valence-electron chi connectivity index (χ2n) is 13.2. The van der Waals surface area contributed by atoms with Crippen molar-refractivity contribution in [3.63, 3.8) is 0 Å². The summed E-state index contributed by atoms with van der Waals surface area (Å²) in [4.78, 5) is 3.72. The van der Waals surface area contributed by atoms with Crippen molar-refractivity contribution in [1.29, 1.82) is 0 Å². The van der Waals surface area contributed by atoms with Crippen LogP contribution in [0.25, 0.3) is 0 Å². The van der Waals surface area contributed by atoms with Gasteiger partial charge in [0.05, 0.1) is 6.54 Å². The van der Waals surface area contributed by atoms with E-state index in [9.17, 15) is 0 Å². The van der Waals surface area contributed by atoms with Gasteiger partial charge in [-0.25, -0.2) is 0 Å². The Morgan fingerprint density at radius 1 is 0.889 bits per heavy atom. The zero-order chi connectivity index (χ0) is 33.6. The van der Waals surface area contributed by atoms with E-state index in [1.807, 2.05) is 13.8 Å². The lowest BCUT2D eigenvalue weighted by atomic mass is 9.85. The van der Waals surface area contributed by atoms with Gasteiger partial charge in [0.1, 0.15) is 0 Å². The molecular formula is C40H62N4S. The summed E-state index contributed by atoms with van der Waals surface area (Å²) in [5.41, 5.74) is 6.01. The van der Waals surface area contributed by atoms with Crippen LogP contribution in [0.2, 0.25) is 0 Å². The van der Waals surface area contributed by atoms with Gasteiger partial charge < -0.3 is 10.6 Å². The summed E-state index contributed by atoms with van der Waals surface area (Å²) in [6.45, 7) is 31.8. The molecule has 0 amide bonds. The van der Waals surface area contributed by atoms with Crippen LogP contribution in [-0.4, -0.2) is 66.3 Å². The van der Waals surface area contributed by atoms with Crippen LogP contribution in [-0.2, 0) is 0 Å². The predicted octanol–water partition coefficient (Wildman–Crippen LogP) is 8.34. The number of benzene rings is 2. The van der Waals surface area contributed by atoms with E-state index in [1.165, 1.54) is 47.5 Å². The number of nitrogens with zero attached hydrogens (tertiary/aromatic N) is 2. The lowest BCUT2D eigenvalue weighted by Gasteiger charge is -2.39. The maximum absolute atomic E-state index is 4.77. The van der Waals surface area contributed by atoms with Gasteiger partial charge in [-0.05, 0) is 94.3 Å². The Morgan fingerprint density at radius 3 is 2.07 bits per heavy atom. The molecule has 3 unspecified atom stereocenters. The summed E-state index contributed by atoms with van der Waals surface area (Å²) in [7, 11) is -1.66. The Balaban J connectivity index is 0.00000166. The molecule has 4 nitrogen and oxygen atoms in total. The molecule has 2 N–H and O–H groups in total. The monoisotopic (exact) mass is 630 g/mol. The number of aryl methyl sites for hydroxylation is 2. The van der Waals surface area contributed by atoms with Crippen molar-refractivity contribution in [3.05, 3.63) is 89.8 Å². The summed E-state index contributed by atoms with van der Waals surface area (Å²) in [6, 6.07) is 17.8. The Morgan fingerprint density at radius 2 is 1.51 bits per heavy atom. The largest absolute Gasteiger partial charge is 0.384 e. The molecule has 0 aliphatic carbocycles. The van der Waals surface area contributed by atoms with Gasteiger partial charge in [-0.3, -0.25) is 9.21 Å². The van der Waals surface area contributed by atoms with E-state index >= 15 is 0 Å². The number of hydrogen-bond acceptors (Lipinski definition) is 4. The highest BCUT2D eigenvalue weighted by atomic mass is 32.2. The predicted molar refractivity (Wildman–Crippen MR) is 204 cm³/mol. The third-order valence-corrected chi connectivity index (χ3v) is 11.2. The van der Waals surface area contributed by atoms with E-state index in [0.29, 0.717) is 24.3 Å². The van der Waals surface area contributed by atoms with Crippen LogP contribution in [0.5, 0.6) is 0 Å². The van der Waals surface area contributed by atoms with E-state index in [2.05, 4.69) is 135 Å². The first-order chi connectivity index (χ1) is 21.3. The van der Waals surface area contributed by atoms with Crippen molar-refractivity contribution < 1.29 is 0 Å². The summed E-state index contributed by atoms with van der Waals surface area (Å²) in [6.07, 6.45) is 2.58. The number of rotatable bonds is 16. The molecule has 1 fully saturated rings. The maximum atomic E-state index is 4.77. The van der Waals surface area contributed by atoms with Crippen LogP contribution in [0.1, 0.15) is 77.0 Å². The molecule has 0 aromatic heterocycles. The molecule has 1 aliphatic heterocycles. The van der Waals surface area contributed by atoms with Gasteiger partial charge in [-0.15, -0.1) is 21.2 Å². The van der Waals surface area contributed by atoms with Gasteiger partial charge >= 0.3 is 0 Å². The van der Waals surface area contributed by atoms with Crippen molar-refractivity contribution in [2.45, 2.75) is 85.1 Å². The lowest BCUT2D eigenvalue weighted by Crippen LogP contribution is -2.45. The smallest absolute Gasteiger partial charge is 0.0539 e. The molecule has 1 heterocycles. The maximum Gasteiger partial charge on any atom is 0.0539 e. The highest BCUT2D eigenvalue weighted by Gasteiger charge is 2.28. The SMILES string of the molecule is C=C(CN1CCCC1)NCC(=C)NC(C(C)CN(CC(C)C)S(=C)(=C)c1ccc(C)c(C)c1)C(C)c1ccccc1.CC#CC. The van der Waals surface area contributed by atoms with Gasteiger partial charge in [0, 0.05) is 47.9 Å².